The van der Waals surface area contributed by atoms with Crippen molar-refractivity contribution < 1.29 is 42.8 Å². The normalized spacial score (nSPS) is 22.6. The van der Waals surface area contributed by atoms with Crippen LogP contribution in [0.25, 0.3) is 0 Å². The number of hydrogen-bond acceptors (Lipinski definition) is 10. The Balaban J connectivity index is 2.19. The summed E-state index contributed by atoms with van der Waals surface area (Å²) in [6.07, 6.45) is 1.43. The van der Waals surface area contributed by atoms with Gasteiger partial charge in [-0.05, 0) is 33.1 Å². The summed E-state index contributed by atoms with van der Waals surface area (Å²) in [4.78, 5) is 41.1. The molecule has 1 amide bonds. The number of ether oxygens (including phenoxy) is 6. The van der Waals surface area contributed by atoms with Crippen molar-refractivity contribution in [1.29, 1.82) is 0 Å². The van der Waals surface area contributed by atoms with Crippen LogP contribution < -0.4 is 14.8 Å². The Kier molecular flexibility index (Phi) is 10.9. The number of hydrogen-bond donors (Lipinski definition) is 1. The molecule has 0 unspecified atom stereocenters. The average molecular weight is 495 g/mol. The van der Waals surface area contributed by atoms with Gasteiger partial charge in [-0.25, -0.2) is 9.78 Å². The Bertz CT molecular complexity index is 905. The molecule has 4 atom stereocenters. The van der Waals surface area contributed by atoms with E-state index >= 15 is 0 Å². The van der Waals surface area contributed by atoms with Gasteiger partial charge < -0.3 is 33.7 Å². The van der Waals surface area contributed by atoms with E-state index in [1.165, 1.54) is 33.4 Å². The highest BCUT2D eigenvalue weighted by atomic mass is 16.7. The number of aromatic nitrogens is 1. The zero-order valence-electron chi connectivity index (χ0n) is 20.8. The first-order chi connectivity index (χ1) is 16.7. The van der Waals surface area contributed by atoms with Crippen LogP contribution in [0.3, 0.4) is 0 Å². The van der Waals surface area contributed by atoms with Gasteiger partial charge in [0.25, 0.3) is 5.91 Å². The van der Waals surface area contributed by atoms with E-state index < -0.39 is 42.9 Å². The van der Waals surface area contributed by atoms with Crippen molar-refractivity contribution in [1.82, 2.24) is 10.3 Å². The molecule has 0 aliphatic carbocycles. The van der Waals surface area contributed by atoms with Gasteiger partial charge >= 0.3 is 11.9 Å². The number of carbonyl (C=O) groups is 3. The molecule has 0 radical (unpaired) electrons. The number of methoxy groups -OCH3 is 2. The van der Waals surface area contributed by atoms with Crippen LogP contribution in [0.4, 0.5) is 0 Å². The molecule has 1 saturated heterocycles. The lowest BCUT2D eigenvalue weighted by atomic mass is 10.0. The number of pyridine rings is 1. The van der Waals surface area contributed by atoms with Crippen LogP contribution in [0.5, 0.6) is 11.5 Å². The predicted octanol–water partition coefficient (Wildman–Crippen LogP) is 2.18. The fraction of sp³-hybridized carbons (Fsp3) is 0.583. The molecule has 35 heavy (non-hydrogen) atoms. The zero-order chi connectivity index (χ0) is 26.0. The molecule has 11 heteroatoms. The summed E-state index contributed by atoms with van der Waals surface area (Å²) >= 11 is 0. The molecule has 1 aromatic rings. The number of esters is 2. The second-order valence-electron chi connectivity index (χ2n) is 8.19. The van der Waals surface area contributed by atoms with Crippen LogP contribution in [-0.2, 0) is 28.5 Å². The van der Waals surface area contributed by atoms with Gasteiger partial charge in [-0.2, -0.15) is 0 Å². The minimum absolute atomic E-state index is 0.0220. The second-order valence-corrected chi connectivity index (χ2v) is 8.19. The lowest BCUT2D eigenvalue weighted by molar-refractivity contribution is -0.163. The molecule has 11 nitrogen and oxygen atoms in total. The third-order valence-electron chi connectivity index (χ3n) is 5.29. The number of carbonyl (C=O) groups excluding carboxylic acids is 3. The number of nitrogens with one attached hydrogen (secondary N) is 1. The van der Waals surface area contributed by atoms with Crippen molar-refractivity contribution in [3.05, 3.63) is 30.1 Å². The van der Waals surface area contributed by atoms with Gasteiger partial charge in [-0.1, -0.05) is 12.2 Å². The van der Waals surface area contributed by atoms with Crippen molar-refractivity contribution in [3.63, 3.8) is 0 Å². The Morgan fingerprint density at radius 2 is 2.00 bits per heavy atom. The van der Waals surface area contributed by atoms with Gasteiger partial charge in [0.2, 0.25) is 6.79 Å². The van der Waals surface area contributed by atoms with E-state index in [0.29, 0.717) is 25.9 Å². The fourth-order valence-electron chi connectivity index (χ4n) is 3.63. The van der Waals surface area contributed by atoms with Crippen LogP contribution in [-0.4, -0.2) is 74.8 Å². The minimum Gasteiger partial charge on any atom is -0.493 e. The highest BCUT2D eigenvalue weighted by molar-refractivity contribution is 5.98. The first-order valence-corrected chi connectivity index (χ1v) is 11.3. The molecule has 0 saturated carbocycles. The summed E-state index contributed by atoms with van der Waals surface area (Å²) in [5, 5.41) is 2.67. The van der Waals surface area contributed by atoms with Gasteiger partial charge in [0.15, 0.2) is 17.2 Å². The van der Waals surface area contributed by atoms with Gasteiger partial charge in [0, 0.05) is 26.3 Å². The van der Waals surface area contributed by atoms with Gasteiger partial charge in [0.05, 0.1) is 19.8 Å². The summed E-state index contributed by atoms with van der Waals surface area (Å²) in [5.41, 5.74) is 0.738. The number of cyclic esters (lactones) is 1. The highest BCUT2D eigenvalue weighted by Gasteiger charge is 2.35. The molecule has 1 aliphatic rings. The molecule has 0 aromatic carbocycles. The van der Waals surface area contributed by atoms with E-state index in [9.17, 15) is 14.4 Å². The molecule has 194 valence electrons. The van der Waals surface area contributed by atoms with E-state index in [4.69, 9.17) is 28.4 Å². The van der Waals surface area contributed by atoms with Crippen molar-refractivity contribution in [2.24, 2.45) is 0 Å². The van der Waals surface area contributed by atoms with Crippen LogP contribution in [0.15, 0.2) is 24.4 Å². The molecule has 2 rings (SSSR count). The van der Waals surface area contributed by atoms with E-state index in [2.05, 4.69) is 16.9 Å². The third-order valence-corrected chi connectivity index (χ3v) is 5.29. The molecule has 1 fully saturated rings. The maximum atomic E-state index is 13.1. The predicted molar refractivity (Wildman–Crippen MR) is 124 cm³/mol. The molecular weight excluding hydrogens is 460 g/mol. The first kappa shape index (κ1) is 28.1. The summed E-state index contributed by atoms with van der Waals surface area (Å²) in [6.45, 7) is 8.59. The third kappa shape index (κ3) is 8.22. The zero-order valence-corrected chi connectivity index (χ0v) is 20.8. The topological polar surface area (TPSA) is 132 Å². The number of nitrogens with zero attached hydrogens (tertiary/aromatic N) is 1. The Morgan fingerprint density at radius 1 is 1.26 bits per heavy atom. The highest BCUT2D eigenvalue weighted by Crippen LogP contribution is 2.30. The van der Waals surface area contributed by atoms with Crippen LogP contribution in [0.1, 0.15) is 50.5 Å². The minimum atomic E-state index is -0.934. The second kappa shape index (κ2) is 13.6. The largest absolute Gasteiger partial charge is 0.493 e. The average Bonchev–Trinajstić information content (AvgIpc) is 2.85. The van der Waals surface area contributed by atoms with E-state index in [1.807, 2.05) is 6.92 Å². The maximum Gasteiger partial charge on any atom is 0.329 e. The Morgan fingerprint density at radius 3 is 2.63 bits per heavy atom. The summed E-state index contributed by atoms with van der Waals surface area (Å²) in [5.74, 6) is -1.64. The number of amides is 1. The Hall–Kier alpha value is -3.18. The van der Waals surface area contributed by atoms with Crippen molar-refractivity contribution in [2.45, 2.75) is 64.4 Å². The molecular formula is C24H34N2O9. The number of rotatable bonds is 10. The van der Waals surface area contributed by atoms with E-state index in [1.54, 1.807) is 6.92 Å². The van der Waals surface area contributed by atoms with Crippen LogP contribution in [0, 0.1) is 0 Å². The monoisotopic (exact) mass is 494 g/mol. The molecule has 0 spiro atoms. The van der Waals surface area contributed by atoms with Gasteiger partial charge in [-0.3, -0.25) is 9.59 Å². The Labute approximate surface area is 205 Å². The first-order valence-electron chi connectivity index (χ1n) is 11.3. The van der Waals surface area contributed by atoms with Crippen molar-refractivity contribution in [3.8, 4) is 11.5 Å². The molecule has 1 aliphatic heterocycles. The van der Waals surface area contributed by atoms with E-state index in [0.717, 1.165) is 5.57 Å². The summed E-state index contributed by atoms with van der Waals surface area (Å²) in [6, 6.07) is 0.558. The fourth-order valence-corrected chi connectivity index (χ4v) is 3.63. The van der Waals surface area contributed by atoms with Gasteiger partial charge in [0.1, 0.15) is 18.2 Å². The summed E-state index contributed by atoms with van der Waals surface area (Å²) < 4.78 is 32.6. The molecule has 0 bridgehead atoms. The lowest BCUT2D eigenvalue weighted by Crippen LogP contribution is -2.45. The summed E-state index contributed by atoms with van der Waals surface area (Å²) in [7, 11) is 2.93. The molecule has 1 aromatic heterocycles. The van der Waals surface area contributed by atoms with Crippen molar-refractivity contribution >= 4 is 17.8 Å². The van der Waals surface area contributed by atoms with Crippen LogP contribution >= 0.6 is 0 Å². The smallest absolute Gasteiger partial charge is 0.329 e. The molecule has 1 N–H and O–H groups in total. The van der Waals surface area contributed by atoms with E-state index in [-0.39, 0.29) is 23.3 Å². The standard InChI is InChI=1S/C24H34N2O9/c1-14(2)12-32-19-9-7-8-17(24(29)35-15(3)21(19)31-6)26-23(28)20-22(34-13-33-16(4)27)18(30-5)10-11-25-20/h10-11,15,17,19,21H,1,7-9,12-13H2,2-6H3,(H,26,28)/t15-,17-,19-,21-/m0/s1. The quantitative estimate of drug-likeness (QED) is 0.293. The lowest BCUT2D eigenvalue weighted by Gasteiger charge is -2.30. The van der Waals surface area contributed by atoms with Crippen LogP contribution in [0.2, 0.25) is 0 Å². The SMILES string of the molecule is C=C(C)CO[C@H]1CCC[C@H](NC(=O)c2nccc(OC)c2OCOC(C)=O)C(=O)O[C@@H](C)[C@@H]1OC. The molecule has 2 heterocycles. The van der Waals surface area contributed by atoms with Crippen molar-refractivity contribution in [2.75, 3.05) is 27.6 Å². The van der Waals surface area contributed by atoms with Gasteiger partial charge in [-0.15, -0.1) is 0 Å². The maximum absolute atomic E-state index is 13.1.